The van der Waals surface area contributed by atoms with Crippen molar-refractivity contribution in [2.45, 2.75) is 5.88 Å². The Morgan fingerprint density at radius 1 is 1.50 bits per heavy atom. The van der Waals surface area contributed by atoms with Crippen molar-refractivity contribution in [1.29, 1.82) is 0 Å². The van der Waals surface area contributed by atoms with Gasteiger partial charge in [-0.15, -0.1) is 11.6 Å². The molecule has 0 spiro atoms. The second-order valence-electron chi connectivity index (χ2n) is 1.74. The van der Waals surface area contributed by atoms with Crippen molar-refractivity contribution in [1.82, 2.24) is 4.98 Å². The lowest BCUT2D eigenvalue weighted by molar-refractivity contribution is 0.549. The molecule has 54 valence electrons. The van der Waals surface area contributed by atoms with Crippen LogP contribution in [0.4, 0.5) is 8.78 Å². The third-order valence-corrected chi connectivity index (χ3v) is 1.31. The number of rotatable bonds is 1. The Morgan fingerprint density at radius 2 is 2.20 bits per heavy atom. The quantitative estimate of drug-likeness (QED) is 0.456. The van der Waals surface area contributed by atoms with Crippen molar-refractivity contribution in [3.05, 3.63) is 29.6 Å². The zero-order chi connectivity index (χ0) is 7.56. The van der Waals surface area contributed by atoms with Crippen LogP contribution in [0.2, 0.25) is 0 Å². The van der Waals surface area contributed by atoms with Crippen LogP contribution in [0.25, 0.3) is 0 Å². The van der Waals surface area contributed by atoms with Crippen molar-refractivity contribution in [3.8, 4) is 0 Å². The third kappa shape index (κ3) is 1.42. The van der Waals surface area contributed by atoms with E-state index in [9.17, 15) is 8.78 Å². The van der Waals surface area contributed by atoms with Crippen LogP contribution in [0, 0.1) is 11.8 Å². The molecule has 0 fully saturated rings. The summed E-state index contributed by atoms with van der Waals surface area (Å²) in [6.45, 7) is 0. The van der Waals surface area contributed by atoms with Gasteiger partial charge in [0, 0.05) is 5.56 Å². The van der Waals surface area contributed by atoms with Gasteiger partial charge in [-0.25, -0.2) is 9.37 Å². The van der Waals surface area contributed by atoms with Crippen LogP contribution in [-0.4, -0.2) is 4.98 Å². The lowest BCUT2D eigenvalue weighted by atomic mass is 10.3. The summed E-state index contributed by atoms with van der Waals surface area (Å²) >= 11 is 5.26. The number of hydrogen-bond donors (Lipinski definition) is 0. The summed E-state index contributed by atoms with van der Waals surface area (Å²) in [6, 6.07) is 1.02. The van der Waals surface area contributed by atoms with Crippen LogP contribution in [0.5, 0.6) is 0 Å². The van der Waals surface area contributed by atoms with E-state index in [1.165, 1.54) is 0 Å². The molecule has 1 aromatic rings. The second kappa shape index (κ2) is 2.92. The van der Waals surface area contributed by atoms with Gasteiger partial charge in [-0.3, -0.25) is 0 Å². The molecule has 0 aliphatic heterocycles. The first-order valence-corrected chi connectivity index (χ1v) is 3.13. The molecule has 0 N–H and O–H groups in total. The molecule has 4 heteroatoms. The van der Waals surface area contributed by atoms with Gasteiger partial charge in [-0.05, 0) is 6.07 Å². The van der Waals surface area contributed by atoms with Crippen molar-refractivity contribution >= 4 is 11.6 Å². The molecular formula is C6H4ClF2N. The molecule has 1 heterocycles. The van der Waals surface area contributed by atoms with Crippen LogP contribution >= 0.6 is 11.6 Å². The minimum Gasteiger partial charge on any atom is -0.225 e. The van der Waals surface area contributed by atoms with Gasteiger partial charge in [0.1, 0.15) is 5.82 Å². The smallest absolute Gasteiger partial charge is 0.217 e. The topological polar surface area (TPSA) is 12.9 Å². The van der Waals surface area contributed by atoms with E-state index in [0.717, 1.165) is 12.3 Å². The summed E-state index contributed by atoms with van der Waals surface area (Å²) in [5, 5.41) is 0. The predicted molar refractivity (Wildman–Crippen MR) is 33.7 cm³/mol. The van der Waals surface area contributed by atoms with Crippen LogP contribution in [0.15, 0.2) is 12.3 Å². The van der Waals surface area contributed by atoms with E-state index in [1.54, 1.807) is 0 Å². The summed E-state index contributed by atoms with van der Waals surface area (Å²) in [5.74, 6) is -1.34. The second-order valence-corrected chi connectivity index (χ2v) is 2.00. The number of nitrogens with zero attached hydrogens (tertiary/aromatic N) is 1. The molecule has 0 unspecified atom stereocenters. The van der Waals surface area contributed by atoms with Gasteiger partial charge in [-0.2, -0.15) is 4.39 Å². The summed E-state index contributed by atoms with van der Waals surface area (Å²) in [5.41, 5.74) is 0.0849. The van der Waals surface area contributed by atoms with E-state index in [1.807, 2.05) is 0 Å². The highest BCUT2D eigenvalue weighted by Crippen LogP contribution is 2.08. The largest absolute Gasteiger partial charge is 0.225 e. The zero-order valence-corrected chi connectivity index (χ0v) is 5.70. The lowest BCUT2D eigenvalue weighted by Crippen LogP contribution is -1.91. The molecule has 0 saturated heterocycles. The number of aromatic nitrogens is 1. The fraction of sp³-hybridized carbons (Fsp3) is 0.167. The van der Waals surface area contributed by atoms with Crippen LogP contribution < -0.4 is 0 Å². The minimum absolute atomic E-state index is 0.0589. The first-order chi connectivity index (χ1) is 4.74. The van der Waals surface area contributed by atoms with E-state index < -0.39 is 11.8 Å². The van der Waals surface area contributed by atoms with Gasteiger partial charge >= 0.3 is 0 Å². The highest BCUT2D eigenvalue weighted by molar-refractivity contribution is 6.17. The zero-order valence-electron chi connectivity index (χ0n) is 4.94. The van der Waals surface area contributed by atoms with Gasteiger partial charge in [0.05, 0.1) is 12.1 Å². The normalized spacial score (nSPS) is 9.90. The molecule has 0 amide bonds. The fourth-order valence-corrected chi connectivity index (χ4v) is 0.746. The maximum Gasteiger partial charge on any atom is 0.217 e. The van der Waals surface area contributed by atoms with Crippen LogP contribution in [-0.2, 0) is 5.88 Å². The van der Waals surface area contributed by atoms with E-state index >= 15 is 0 Å². The van der Waals surface area contributed by atoms with Crippen LogP contribution in [0.3, 0.4) is 0 Å². The molecule has 1 aromatic heterocycles. The molecule has 1 nitrogen and oxygen atoms in total. The SMILES string of the molecule is Fc1cnc(F)c(CCl)c1. The average Bonchev–Trinajstić information content (AvgIpc) is 1.94. The molecular weight excluding hydrogens is 160 g/mol. The Kier molecular flexibility index (Phi) is 2.17. The van der Waals surface area contributed by atoms with Gasteiger partial charge in [0.2, 0.25) is 5.95 Å². The summed E-state index contributed by atoms with van der Waals surface area (Å²) in [7, 11) is 0. The Labute approximate surface area is 61.7 Å². The van der Waals surface area contributed by atoms with E-state index in [2.05, 4.69) is 4.98 Å². The van der Waals surface area contributed by atoms with Gasteiger partial charge in [-0.1, -0.05) is 0 Å². The molecule has 0 radical (unpaired) electrons. The molecule has 1 rings (SSSR count). The summed E-state index contributed by atoms with van der Waals surface area (Å²) in [4.78, 5) is 3.12. The molecule has 0 aromatic carbocycles. The molecule has 0 atom stereocenters. The Morgan fingerprint density at radius 3 is 2.70 bits per heavy atom. The Hall–Kier alpha value is -0.700. The van der Waals surface area contributed by atoms with Gasteiger partial charge < -0.3 is 0 Å². The van der Waals surface area contributed by atoms with Crippen LogP contribution in [0.1, 0.15) is 5.56 Å². The molecule has 0 aliphatic carbocycles. The number of halogens is 3. The summed E-state index contributed by atoms with van der Waals surface area (Å²) in [6.07, 6.45) is 0.811. The predicted octanol–water partition coefficient (Wildman–Crippen LogP) is 2.10. The summed E-state index contributed by atoms with van der Waals surface area (Å²) < 4.78 is 24.7. The first kappa shape index (κ1) is 7.41. The number of pyridine rings is 1. The standard InChI is InChI=1S/C6H4ClF2N/c7-2-4-1-5(8)3-10-6(4)9/h1,3H,2H2. The van der Waals surface area contributed by atoms with Crippen molar-refractivity contribution < 1.29 is 8.78 Å². The minimum atomic E-state index is -0.712. The monoisotopic (exact) mass is 163 g/mol. The lowest BCUT2D eigenvalue weighted by Gasteiger charge is -1.94. The average molecular weight is 164 g/mol. The molecule has 0 saturated carbocycles. The van der Waals surface area contributed by atoms with E-state index in [0.29, 0.717) is 0 Å². The van der Waals surface area contributed by atoms with Gasteiger partial charge in [0.15, 0.2) is 0 Å². The maximum atomic E-state index is 12.4. The van der Waals surface area contributed by atoms with Crippen molar-refractivity contribution in [2.75, 3.05) is 0 Å². The maximum absolute atomic E-state index is 12.4. The van der Waals surface area contributed by atoms with Crippen molar-refractivity contribution in [2.24, 2.45) is 0 Å². The Balaban J connectivity index is 3.09. The molecule has 10 heavy (non-hydrogen) atoms. The highest BCUT2D eigenvalue weighted by atomic mass is 35.5. The Bertz CT molecular complexity index is 239. The third-order valence-electron chi connectivity index (χ3n) is 1.02. The number of alkyl halides is 1. The molecule has 0 bridgehead atoms. The first-order valence-electron chi connectivity index (χ1n) is 2.60. The van der Waals surface area contributed by atoms with Gasteiger partial charge in [0.25, 0.3) is 0 Å². The molecule has 0 aliphatic rings. The van der Waals surface area contributed by atoms with Crippen molar-refractivity contribution in [3.63, 3.8) is 0 Å². The number of hydrogen-bond acceptors (Lipinski definition) is 1. The highest BCUT2D eigenvalue weighted by Gasteiger charge is 2.02. The fourth-order valence-electron chi connectivity index (χ4n) is 0.558. The van der Waals surface area contributed by atoms with E-state index in [-0.39, 0.29) is 11.4 Å². The van der Waals surface area contributed by atoms with E-state index in [4.69, 9.17) is 11.6 Å².